The van der Waals surface area contributed by atoms with E-state index in [1.807, 2.05) is 0 Å². The molecule has 1 aromatic rings. The lowest BCUT2D eigenvalue weighted by molar-refractivity contribution is 0.331. The molecule has 2 aliphatic carbocycles. The van der Waals surface area contributed by atoms with Crippen molar-refractivity contribution in [1.29, 1.82) is 0 Å². The van der Waals surface area contributed by atoms with Crippen molar-refractivity contribution in [3.05, 3.63) is 40.5 Å². The topological polar surface area (TPSA) is 26.0 Å². The number of fused-ring (bicyclic) bond motifs is 2. The van der Waals surface area contributed by atoms with E-state index < -0.39 is 0 Å². The molecule has 0 bridgehead atoms. The quantitative estimate of drug-likeness (QED) is 0.730. The van der Waals surface area contributed by atoms with Gasteiger partial charge in [-0.05, 0) is 46.4 Å². The molecule has 108 valence electrons. The maximum atomic E-state index is 6.27. The Bertz CT molecular complexity index is 615. The highest BCUT2D eigenvalue weighted by Crippen LogP contribution is 2.49. The van der Waals surface area contributed by atoms with Crippen molar-refractivity contribution in [3.63, 3.8) is 0 Å². The average molecular weight is 269 g/mol. The van der Waals surface area contributed by atoms with Gasteiger partial charge in [-0.1, -0.05) is 53.7 Å². The monoisotopic (exact) mass is 269 g/mol. The summed E-state index contributed by atoms with van der Waals surface area (Å²) in [5.74, 6) is 0. The van der Waals surface area contributed by atoms with E-state index in [1.165, 1.54) is 35.1 Å². The number of rotatable bonds is 0. The summed E-state index contributed by atoms with van der Waals surface area (Å²) in [6.45, 7) is 14.0. The molecule has 3 rings (SSSR count). The summed E-state index contributed by atoms with van der Waals surface area (Å²) < 4.78 is 0. The molecule has 0 heterocycles. The predicted molar refractivity (Wildman–Crippen MR) is 86.9 cm³/mol. The Morgan fingerprint density at radius 3 is 1.85 bits per heavy atom. The van der Waals surface area contributed by atoms with E-state index in [-0.39, 0.29) is 16.2 Å². The van der Waals surface area contributed by atoms with Crippen LogP contribution in [-0.4, -0.2) is 0 Å². The average Bonchev–Trinajstić information content (AvgIpc) is 2.55. The van der Waals surface area contributed by atoms with Crippen LogP contribution < -0.4 is 5.73 Å². The standard InChI is InChI=1S/C19H27N/c1-17(2)7-8-18(3,4)15-10-13-12(9-14(15)17)16(20)11-19(13,5)6/h9-11H,7-8,20H2,1-6H3. The largest absolute Gasteiger partial charge is 0.398 e. The molecule has 1 aromatic carbocycles. The van der Waals surface area contributed by atoms with Crippen molar-refractivity contribution in [2.45, 2.75) is 70.6 Å². The highest BCUT2D eigenvalue weighted by molar-refractivity contribution is 5.76. The van der Waals surface area contributed by atoms with E-state index in [2.05, 4.69) is 59.8 Å². The van der Waals surface area contributed by atoms with Gasteiger partial charge in [0.25, 0.3) is 0 Å². The van der Waals surface area contributed by atoms with Crippen molar-refractivity contribution < 1.29 is 0 Å². The van der Waals surface area contributed by atoms with Crippen molar-refractivity contribution in [3.8, 4) is 0 Å². The number of allylic oxidation sites excluding steroid dienone is 1. The third-order valence-electron chi connectivity index (χ3n) is 5.51. The summed E-state index contributed by atoms with van der Waals surface area (Å²) in [4.78, 5) is 0. The van der Waals surface area contributed by atoms with Gasteiger partial charge in [0.05, 0.1) is 0 Å². The zero-order valence-electron chi connectivity index (χ0n) is 13.7. The summed E-state index contributed by atoms with van der Waals surface area (Å²) in [7, 11) is 0. The SMILES string of the molecule is CC1(C)C=C(N)c2cc3c(cc21)C(C)(C)CCC3(C)C. The lowest BCUT2D eigenvalue weighted by atomic mass is 9.62. The van der Waals surface area contributed by atoms with Crippen molar-refractivity contribution in [2.75, 3.05) is 0 Å². The van der Waals surface area contributed by atoms with Crippen LogP contribution in [0.25, 0.3) is 5.70 Å². The minimum Gasteiger partial charge on any atom is -0.398 e. The molecule has 0 fully saturated rings. The van der Waals surface area contributed by atoms with Gasteiger partial charge in [0.15, 0.2) is 0 Å². The molecule has 0 saturated heterocycles. The van der Waals surface area contributed by atoms with Crippen LogP contribution in [0.15, 0.2) is 18.2 Å². The van der Waals surface area contributed by atoms with Gasteiger partial charge in [0.1, 0.15) is 0 Å². The molecule has 0 spiro atoms. The highest BCUT2D eigenvalue weighted by atomic mass is 14.6. The fraction of sp³-hybridized carbons (Fsp3) is 0.579. The summed E-state index contributed by atoms with van der Waals surface area (Å²) >= 11 is 0. The first-order valence-corrected chi connectivity index (χ1v) is 7.73. The van der Waals surface area contributed by atoms with Gasteiger partial charge in [-0.25, -0.2) is 0 Å². The van der Waals surface area contributed by atoms with Gasteiger partial charge in [-0.3, -0.25) is 0 Å². The first-order valence-electron chi connectivity index (χ1n) is 7.73. The maximum absolute atomic E-state index is 6.27. The van der Waals surface area contributed by atoms with Crippen molar-refractivity contribution in [2.24, 2.45) is 5.73 Å². The molecule has 0 radical (unpaired) electrons. The summed E-state index contributed by atoms with van der Waals surface area (Å²) in [5.41, 5.74) is 13.5. The fourth-order valence-corrected chi connectivity index (χ4v) is 3.93. The molecular weight excluding hydrogens is 242 g/mol. The van der Waals surface area contributed by atoms with Crippen molar-refractivity contribution in [1.82, 2.24) is 0 Å². The Morgan fingerprint density at radius 1 is 0.800 bits per heavy atom. The third-order valence-corrected chi connectivity index (χ3v) is 5.51. The Morgan fingerprint density at radius 2 is 1.30 bits per heavy atom. The van der Waals surface area contributed by atoms with Crippen LogP contribution in [0.4, 0.5) is 0 Å². The van der Waals surface area contributed by atoms with Crippen LogP contribution in [0.1, 0.15) is 76.6 Å². The number of hydrogen-bond acceptors (Lipinski definition) is 1. The van der Waals surface area contributed by atoms with Crippen LogP contribution in [0.5, 0.6) is 0 Å². The van der Waals surface area contributed by atoms with E-state index in [0.29, 0.717) is 0 Å². The fourth-order valence-electron chi connectivity index (χ4n) is 3.93. The molecule has 2 aliphatic rings. The van der Waals surface area contributed by atoms with Crippen LogP contribution in [0.3, 0.4) is 0 Å². The van der Waals surface area contributed by atoms with E-state index >= 15 is 0 Å². The summed E-state index contributed by atoms with van der Waals surface area (Å²) in [5, 5.41) is 0. The first-order chi connectivity index (χ1) is 9.05. The Kier molecular flexibility index (Phi) is 2.53. The molecule has 0 atom stereocenters. The molecule has 0 saturated carbocycles. The molecule has 20 heavy (non-hydrogen) atoms. The second-order valence-corrected chi connectivity index (χ2v) is 8.53. The van der Waals surface area contributed by atoms with Crippen LogP contribution in [0.2, 0.25) is 0 Å². The van der Waals surface area contributed by atoms with Gasteiger partial charge in [-0.15, -0.1) is 0 Å². The molecule has 0 unspecified atom stereocenters. The molecule has 0 aliphatic heterocycles. The van der Waals surface area contributed by atoms with Crippen molar-refractivity contribution >= 4 is 5.70 Å². The van der Waals surface area contributed by atoms with Crippen LogP contribution in [-0.2, 0) is 16.2 Å². The lowest BCUT2D eigenvalue weighted by Gasteiger charge is -2.42. The van der Waals surface area contributed by atoms with Gasteiger partial charge in [0, 0.05) is 16.7 Å². The van der Waals surface area contributed by atoms with E-state index in [9.17, 15) is 0 Å². The molecule has 1 heteroatoms. The molecule has 0 aromatic heterocycles. The zero-order chi connectivity index (χ0) is 14.9. The molecule has 1 nitrogen and oxygen atoms in total. The van der Waals surface area contributed by atoms with Gasteiger partial charge >= 0.3 is 0 Å². The highest BCUT2D eigenvalue weighted by Gasteiger charge is 2.40. The Balaban J connectivity index is 2.31. The second kappa shape index (κ2) is 3.69. The second-order valence-electron chi connectivity index (χ2n) is 8.53. The summed E-state index contributed by atoms with van der Waals surface area (Å²) in [6, 6.07) is 4.83. The first kappa shape index (κ1) is 13.7. The Hall–Kier alpha value is -1.24. The normalized spacial score (nSPS) is 24.8. The van der Waals surface area contributed by atoms with Gasteiger partial charge in [-0.2, -0.15) is 0 Å². The zero-order valence-corrected chi connectivity index (χ0v) is 13.7. The van der Waals surface area contributed by atoms with Gasteiger partial charge in [0.2, 0.25) is 0 Å². The third kappa shape index (κ3) is 1.75. The maximum Gasteiger partial charge on any atom is 0.0359 e. The Labute approximate surface area is 123 Å². The number of hydrogen-bond donors (Lipinski definition) is 1. The number of nitrogens with two attached hydrogens (primary N) is 1. The molecule has 0 amide bonds. The molecule has 2 N–H and O–H groups in total. The van der Waals surface area contributed by atoms with Crippen LogP contribution >= 0.6 is 0 Å². The number of benzene rings is 1. The van der Waals surface area contributed by atoms with Gasteiger partial charge < -0.3 is 5.73 Å². The minimum atomic E-state index is 0.0616. The van der Waals surface area contributed by atoms with E-state index in [0.717, 1.165) is 5.70 Å². The van der Waals surface area contributed by atoms with E-state index in [4.69, 9.17) is 5.73 Å². The van der Waals surface area contributed by atoms with E-state index in [1.54, 1.807) is 0 Å². The smallest absolute Gasteiger partial charge is 0.0359 e. The van der Waals surface area contributed by atoms with Crippen LogP contribution in [0, 0.1) is 0 Å². The lowest BCUT2D eigenvalue weighted by Crippen LogP contribution is -2.34. The minimum absolute atomic E-state index is 0.0616. The summed E-state index contributed by atoms with van der Waals surface area (Å²) in [6.07, 6.45) is 4.72. The predicted octanol–water partition coefficient (Wildman–Crippen LogP) is 4.63. The molecular formula is C19H27N.